The Labute approximate surface area is 94.1 Å². The van der Waals surface area contributed by atoms with E-state index in [4.69, 9.17) is 4.74 Å². The van der Waals surface area contributed by atoms with Crippen LogP contribution < -0.4 is 10.1 Å². The molecule has 2 aromatic heterocycles. The van der Waals surface area contributed by atoms with Crippen molar-refractivity contribution in [1.29, 1.82) is 0 Å². The van der Waals surface area contributed by atoms with Gasteiger partial charge in [0.25, 0.3) is 0 Å². The summed E-state index contributed by atoms with van der Waals surface area (Å²) in [5.41, 5.74) is 0. The molecular formula is C11H14N4O. The fourth-order valence-corrected chi connectivity index (χ4v) is 1.41. The highest BCUT2D eigenvalue weighted by Crippen LogP contribution is 2.19. The predicted octanol–water partition coefficient (Wildman–Crippen LogP) is 1.40. The lowest BCUT2D eigenvalue weighted by Gasteiger charge is -2.09. The molecule has 0 spiro atoms. The molecule has 0 aliphatic rings. The molecule has 0 aliphatic carbocycles. The average molecular weight is 218 g/mol. The van der Waals surface area contributed by atoms with Gasteiger partial charge in [0.1, 0.15) is 0 Å². The van der Waals surface area contributed by atoms with E-state index in [-0.39, 0.29) is 0 Å². The number of nitrogens with zero attached hydrogens (tertiary/aromatic N) is 3. The normalized spacial score (nSPS) is 10.1. The van der Waals surface area contributed by atoms with Gasteiger partial charge in [-0.25, -0.2) is 4.98 Å². The van der Waals surface area contributed by atoms with Gasteiger partial charge in [-0.05, 0) is 18.2 Å². The second-order valence-electron chi connectivity index (χ2n) is 3.25. The van der Waals surface area contributed by atoms with Crippen LogP contribution in [0.25, 0.3) is 0 Å². The highest BCUT2D eigenvalue weighted by molar-refractivity contribution is 5.49. The highest BCUT2D eigenvalue weighted by atomic mass is 16.5. The summed E-state index contributed by atoms with van der Waals surface area (Å²) in [6, 6.07) is 5.63. The van der Waals surface area contributed by atoms with Crippen LogP contribution >= 0.6 is 0 Å². The number of ether oxygens (including phenoxy) is 1. The van der Waals surface area contributed by atoms with Crippen molar-refractivity contribution < 1.29 is 4.74 Å². The first-order chi connectivity index (χ1) is 7.90. The number of pyridine rings is 1. The van der Waals surface area contributed by atoms with Crippen LogP contribution in [0.1, 0.15) is 0 Å². The van der Waals surface area contributed by atoms with Gasteiger partial charge in [-0.15, -0.1) is 0 Å². The Hall–Kier alpha value is -2.04. The maximum atomic E-state index is 5.19. The summed E-state index contributed by atoms with van der Waals surface area (Å²) in [4.78, 5) is 4.20. The molecule has 0 aliphatic heterocycles. The monoisotopic (exact) mass is 218 g/mol. The second-order valence-corrected chi connectivity index (χ2v) is 3.25. The van der Waals surface area contributed by atoms with Crippen LogP contribution in [-0.2, 0) is 6.54 Å². The summed E-state index contributed by atoms with van der Waals surface area (Å²) in [6.07, 6.45) is 5.43. The molecule has 1 N–H and O–H groups in total. The number of rotatable bonds is 5. The van der Waals surface area contributed by atoms with Gasteiger partial charge in [0, 0.05) is 25.1 Å². The third kappa shape index (κ3) is 2.50. The van der Waals surface area contributed by atoms with Crippen LogP contribution in [-0.4, -0.2) is 28.4 Å². The molecule has 5 nitrogen and oxygen atoms in total. The largest absolute Gasteiger partial charge is 0.493 e. The van der Waals surface area contributed by atoms with Gasteiger partial charge >= 0.3 is 0 Å². The van der Waals surface area contributed by atoms with Crippen molar-refractivity contribution in [1.82, 2.24) is 14.8 Å². The molecule has 84 valence electrons. The zero-order valence-corrected chi connectivity index (χ0v) is 9.13. The van der Waals surface area contributed by atoms with Gasteiger partial charge in [0.05, 0.1) is 13.7 Å². The standard InChI is InChI=1S/C11H14N4O/c1-16-10-4-2-5-12-11(10)13-7-9-15-8-3-6-14-15/h2-6,8H,7,9H2,1H3,(H,12,13). The molecule has 2 rings (SSSR count). The minimum atomic E-state index is 0.753. The van der Waals surface area contributed by atoms with Crippen LogP contribution in [0.2, 0.25) is 0 Å². The zero-order chi connectivity index (χ0) is 11.2. The number of hydrogen-bond acceptors (Lipinski definition) is 4. The van der Waals surface area contributed by atoms with Crippen LogP contribution in [0.4, 0.5) is 5.82 Å². The zero-order valence-electron chi connectivity index (χ0n) is 9.13. The molecule has 0 amide bonds. The van der Waals surface area contributed by atoms with Crippen molar-refractivity contribution in [2.45, 2.75) is 6.54 Å². The second kappa shape index (κ2) is 5.16. The van der Waals surface area contributed by atoms with Gasteiger partial charge in [0.15, 0.2) is 11.6 Å². The molecule has 0 aromatic carbocycles. The van der Waals surface area contributed by atoms with Crippen LogP contribution in [0.5, 0.6) is 5.75 Å². The lowest BCUT2D eigenvalue weighted by molar-refractivity contribution is 0.414. The Morgan fingerprint density at radius 2 is 2.31 bits per heavy atom. The molecule has 0 fully saturated rings. The third-order valence-corrected chi connectivity index (χ3v) is 2.18. The minimum absolute atomic E-state index is 0.753. The van der Waals surface area contributed by atoms with E-state index >= 15 is 0 Å². The Bertz CT molecular complexity index is 427. The summed E-state index contributed by atoms with van der Waals surface area (Å²) >= 11 is 0. The lowest BCUT2D eigenvalue weighted by atomic mass is 10.4. The molecule has 0 unspecified atom stereocenters. The maximum Gasteiger partial charge on any atom is 0.168 e. The molecule has 5 heteroatoms. The van der Waals surface area contributed by atoms with E-state index < -0.39 is 0 Å². The summed E-state index contributed by atoms with van der Waals surface area (Å²) < 4.78 is 7.05. The number of methoxy groups -OCH3 is 1. The number of anilines is 1. The van der Waals surface area contributed by atoms with Gasteiger partial charge in [-0.2, -0.15) is 5.10 Å². The number of hydrogen-bond donors (Lipinski definition) is 1. The summed E-state index contributed by atoms with van der Waals surface area (Å²) in [5, 5.41) is 7.32. The number of nitrogens with one attached hydrogen (secondary N) is 1. The van der Waals surface area contributed by atoms with E-state index in [0.29, 0.717) is 0 Å². The van der Waals surface area contributed by atoms with Crippen molar-refractivity contribution in [3.63, 3.8) is 0 Å². The minimum Gasteiger partial charge on any atom is -0.493 e. The van der Waals surface area contributed by atoms with E-state index in [0.717, 1.165) is 24.7 Å². The molecule has 0 saturated carbocycles. The van der Waals surface area contributed by atoms with Gasteiger partial charge < -0.3 is 10.1 Å². The first-order valence-corrected chi connectivity index (χ1v) is 5.10. The van der Waals surface area contributed by atoms with Gasteiger partial charge in [-0.1, -0.05) is 0 Å². The highest BCUT2D eigenvalue weighted by Gasteiger charge is 2.01. The summed E-state index contributed by atoms with van der Waals surface area (Å²) in [6.45, 7) is 1.56. The van der Waals surface area contributed by atoms with Crippen LogP contribution in [0, 0.1) is 0 Å². The van der Waals surface area contributed by atoms with Crippen molar-refractivity contribution in [2.24, 2.45) is 0 Å². The van der Waals surface area contributed by atoms with Crippen molar-refractivity contribution in [2.75, 3.05) is 19.0 Å². The Morgan fingerprint density at radius 1 is 1.38 bits per heavy atom. The first-order valence-electron chi connectivity index (χ1n) is 5.10. The first kappa shape index (κ1) is 10.5. The summed E-state index contributed by atoms with van der Waals surface area (Å²) in [7, 11) is 1.63. The van der Waals surface area contributed by atoms with Crippen LogP contribution in [0.3, 0.4) is 0 Å². The average Bonchev–Trinajstić information content (AvgIpc) is 2.83. The van der Waals surface area contributed by atoms with E-state index in [9.17, 15) is 0 Å². The third-order valence-electron chi connectivity index (χ3n) is 2.18. The van der Waals surface area contributed by atoms with Gasteiger partial charge in [-0.3, -0.25) is 4.68 Å². The number of aromatic nitrogens is 3. The maximum absolute atomic E-state index is 5.19. The molecule has 0 atom stereocenters. The summed E-state index contributed by atoms with van der Waals surface area (Å²) in [5.74, 6) is 1.51. The fraction of sp³-hybridized carbons (Fsp3) is 0.273. The molecule has 16 heavy (non-hydrogen) atoms. The van der Waals surface area contributed by atoms with Crippen molar-refractivity contribution in [3.05, 3.63) is 36.8 Å². The van der Waals surface area contributed by atoms with Crippen LogP contribution in [0.15, 0.2) is 36.8 Å². The quantitative estimate of drug-likeness (QED) is 0.824. The van der Waals surface area contributed by atoms with E-state index in [2.05, 4.69) is 15.4 Å². The Morgan fingerprint density at radius 3 is 3.06 bits per heavy atom. The SMILES string of the molecule is COc1cccnc1NCCn1cccn1. The lowest BCUT2D eigenvalue weighted by Crippen LogP contribution is -2.12. The molecule has 0 radical (unpaired) electrons. The van der Waals surface area contributed by atoms with Gasteiger partial charge in [0.2, 0.25) is 0 Å². The molecule has 0 saturated heterocycles. The topological polar surface area (TPSA) is 52.0 Å². The molecular weight excluding hydrogens is 204 g/mol. The van der Waals surface area contributed by atoms with Crippen molar-refractivity contribution in [3.8, 4) is 5.75 Å². The van der Waals surface area contributed by atoms with Crippen molar-refractivity contribution >= 4 is 5.82 Å². The molecule has 0 bridgehead atoms. The molecule has 2 aromatic rings. The van der Waals surface area contributed by atoms with E-state index in [1.807, 2.05) is 29.1 Å². The smallest absolute Gasteiger partial charge is 0.168 e. The Balaban J connectivity index is 1.89. The predicted molar refractivity (Wildman–Crippen MR) is 61.5 cm³/mol. The molecule has 2 heterocycles. The van der Waals surface area contributed by atoms with E-state index in [1.54, 1.807) is 19.5 Å². The van der Waals surface area contributed by atoms with E-state index in [1.165, 1.54) is 0 Å². The Kier molecular flexibility index (Phi) is 3.38. The fourth-order valence-electron chi connectivity index (χ4n) is 1.41.